The second kappa shape index (κ2) is 6.34. The summed E-state index contributed by atoms with van der Waals surface area (Å²) >= 11 is 0. The molecular weight excluding hydrogens is 292 g/mol. The minimum Gasteiger partial charge on any atom is -0.444 e. The fraction of sp³-hybridized carbons (Fsp3) is 0.706. The van der Waals surface area contributed by atoms with Gasteiger partial charge in [-0.1, -0.05) is 20.8 Å². The maximum absolute atomic E-state index is 12.1. The lowest BCUT2D eigenvalue weighted by Gasteiger charge is -2.36. The maximum Gasteiger partial charge on any atom is 0.410 e. The second-order valence-corrected chi connectivity index (χ2v) is 7.98. The first-order valence-electron chi connectivity index (χ1n) is 8.13. The predicted molar refractivity (Wildman–Crippen MR) is 90.8 cm³/mol. The van der Waals surface area contributed by atoms with Crippen LogP contribution in [0.5, 0.6) is 0 Å². The molecule has 23 heavy (non-hydrogen) atoms. The van der Waals surface area contributed by atoms with Crippen molar-refractivity contribution in [1.29, 1.82) is 0 Å². The van der Waals surface area contributed by atoms with Crippen molar-refractivity contribution in [2.75, 3.05) is 31.1 Å². The van der Waals surface area contributed by atoms with Crippen LogP contribution in [0.4, 0.5) is 10.6 Å². The Morgan fingerprint density at radius 2 is 1.61 bits per heavy atom. The molecule has 0 unspecified atom stereocenters. The van der Waals surface area contributed by atoms with Crippen molar-refractivity contribution in [3.05, 3.63) is 17.8 Å². The van der Waals surface area contributed by atoms with Gasteiger partial charge in [0.2, 0.25) is 0 Å². The number of rotatable bonds is 1. The van der Waals surface area contributed by atoms with Gasteiger partial charge in [0, 0.05) is 31.6 Å². The van der Waals surface area contributed by atoms with Gasteiger partial charge in [-0.3, -0.25) is 0 Å². The van der Waals surface area contributed by atoms with Crippen molar-refractivity contribution < 1.29 is 9.53 Å². The molecule has 1 fully saturated rings. The Balaban J connectivity index is 1.93. The molecule has 0 saturated carbocycles. The number of ether oxygens (including phenoxy) is 1. The van der Waals surface area contributed by atoms with Gasteiger partial charge in [-0.15, -0.1) is 5.10 Å². The lowest BCUT2D eigenvalue weighted by Crippen LogP contribution is -2.50. The lowest BCUT2D eigenvalue weighted by atomic mass is 9.92. The summed E-state index contributed by atoms with van der Waals surface area (Å²) in [5, 5.41) is 8.67. The van der Waals surface area contributed by atoms with E-state index in [2.05, 4.69) is 35.9 Å². The van der Waals surface area contributed by atoms with E-state index in [9.17, 15) is 4.79 Å². The molecule has 1 amide bonds. The van der Waals surface area contributed by atoms with Crippen LogP contribution in [-0.4, -0.2) is 53.0 Å². The monoisotopic (exact) mass is 320 g/mol. The van der Waals surface area contributed by atoms with E-state index in [4.69, 9.17) is 4.74 Å². The third-order valence-electron chi connectivity index (χ3n) is 3.67. The van der Waals surface area contributed by atoms with Crippen LogP contribution in [-0.2, 0) is 10.2 Å². The summed E-state index contributed by atoms with van der Waals surface area (Å²) in [7, 11) is 0. The van der Waals surface area contributed by atoms with E-state index in [0.717, 1.165) is 24.6 Å². The Morgan fingerprint density at radius 1 is 1.00 bits per heavy atom. The average Bonchev–Trinajstić information content (AvgIpc) is 2.45. The van der Waals surface area contributed by atoms with Gasteiger partial charge in [0.1, 0.15) is 5.60 Å². The van der Waals surface area contributed by atoms with Crippen LogP contribution in [0.25, 0.3) is 0 Å². The van der Waals surface area contributed by atoms with Crippen LogP contribution in [0.15, 0.2) is 12.1 Å². The predicted octanol–water partition coefficient (Wildman–Crippen LogP) is 2.83. The molecule has 128 valence electrons. The molecule has 1 saturated heterocycles. The van der Waals surface area contributed by atoms with Crippen LogP contribution in [0.2, 0.25) is 0 Å². The van der Waals surface area contributed by atoms with Gasteiger partial charge in [0.05, 0.1) is 5.69 Å². The van der Waals surface area contributed by atoms with E-state index in [1.165, 1.54) is 0 Å². The third kappa shape index (κ3) is 4.81. The van der Waals surface area contributed by atoms with Crippen molar-refractivity contribution >= 4 is 11.9 Å². The van der Waals surface area contributed by atoms with Crippen molar-refractivity contribution in [3.8, 4) is 0 Å². The quantitative estimate of drug-likeness (QED) is 0.796. The molecule has 2 heterocycles. The number of nitrogens with zero attached hydrogens (tertiary/aromatic N) is 4. The zero-order valence-electron chi connectivity index (χ0n) is 15.1. The summed E-state index contributed by atoms with van der Waals surface area (Å²) in [6.07, 6.45) is -0.244. The standard InChI is InChI=1S/C17H28N4O2/c1-16(2,3)13-7-8-14(19-18-13)20-9-11-21(12-10-20)15(22)23-17(4,5)6/h7-8H,9-12H2,1-6H3. The van der Waals surface area contributed by atoms with Crippen molar-refractivity contribution in [3.63, 3.8) is 0 Å². The highest BCUT2D eigenvalue weighted by Crippen LogP contribution is 2.21. The highest BCUT2D eigenvalue weighted by molar-refractivity contribution is 5.68. The Labute approximate surface area is 138 Å². The number of piperazine rings is 1. The van der Waals surface area contributed by atoms with Gasteiger partial charge >= 0.3 is 6.09 Å². The molecule has 1 aromatic heterocycles. The second-order valence-electron chi connectivity index (χ2n) is 7.98. The number of carbonyl (C=O) groups excluding carboxylic acids is 1. The van der Waals surface area contributed by atoms with Gasteiger partial charge in [-0.25, -0.2) is 4.79 Å². The van der Waals surface area contributed by atoms with E-state index in [1.807, 2.05) is 32.9 Å². The Hall–Kier alpha value is -1.85. The van der Waals surface area contributed by atoms with Crippen LogP contribution in [0.1, 0.15) is 47.2 Å². The van der Waals surface area contributed by atoms with E-state index in [1.54, 1.807) is 4.90 Å². The fourth-order valence-electron chi connectivity index (χ4n) is 2.34. The van der Waals surface area contributed by atoms with E-state index >= 15 is 0 Å². The Bertz CT molecular complexity index is 535. The number of carbonyl (C=O) groups is 1. The zero-order valence-corrected chi connectivity index (χ0v) is 15.1. The van der Waals surface area contributed by atoms with Crippen molar-refractivity contribution in [2.45, 2.75) is 52.6 Å². The number of amides is 1. The minimum atomic E-state index is -0.456. The van der Waals surface area contributed by atoms with E-state index in [0.29, 0.717) is 13.1 Å². The molecule has 0 aliphatic carbocycles. The fourth-order valence-corrected chi connectivity index (χ4v) is 2.34. The summed E-state index contributed by atoms with van der Waals surface area (Å²) in [6, 6.07) is 4.04. The van der Waals surface area contributed by atoms with Crippen LogP contribution >= 0.6 is 0 Å². The minimum absolute atomic E-state index is 0.000934. The number of hydrogen-bond donors (Lipinski definition) is 0. The summed E-state index contributed by atoms with van der Waals surface area (Å²) in [5.74, 6) is 0.863. The molecule has 1 aliphatic heterocycles. The normalized spacial score (nSPS) is 16.4. The van der Waals surface area contributed by atoms with Gasteiger partial charge in [0.15, 0.2) is 5.82 Å². The van der Waals surface area contributed by atoms with Gasteiger partial charge in [-0.05, 0) is 32.9 Å². The first-order valence-corrected chi connectivity index (χ1v) is 8.13. The Morgan fingerprint density at radius 3 is 2.04 bits per heavy atom. The first-order chi connectivity index (χ1) is 10.6. The molecule has 0 bridgehead atoms. The SMILES string of the molecule is CC(C)(C)OC(=O)N1CCN(c2ccc(C(C)(C)C)nn2)CC1. The van der Waals surface area contributed by atoms with Gasteiger partial charge in [-0.2, -0.15) is 5.10 Å². The molecule has 1 aliphatic rings. The lowest BCUT2D eigenvalue weighted by molar-refractivity contribution is 0.0240. The number of anilines is 1. The highest BCUT2D eigenvalue weighted by Gasteiger charge is 2.26. The molecule has 0 aromatic carbocycles. The maximum atomic E-state index is 12.1. The van der Waals surface area contributed by atoms with Crippen LogP contribution in [0.3, 0.4) is 0 Å². The topological polar surface area (TPSA) is 58.6 Å². The third-order valence-corrected chi connectivity index (χ3v) is 3.67. The van der Waals surface area contributed by atoms with Gasteiger partial charge < -0.3 is 14.5 Å². The number of hydrogen-bond acceptors (Lipinski definition) is 5. The van der Waals surface area contributed by atoms with E-state index in [-0.39, 0.29) is 11.5 Å². The largest absolute Gasteiger partial charge is 0.444 e. The highest BCUT2D eigenvalue weighted by atomic mass is 16.6. The Kier molecular flexibility index (Phi) is 4.82. The average molecular weight is 320 g/mol. The summed E-state index contributed by atoms with van der Waals surface area (Å²) in [6.45, 7) is 14.8. The zero-order chi connectivity index (χ0) is 17.3. The number of aromatic nitrogens is 2. The van der Waals surface area contributed by atoms with Crippen molar-refractivity contribution in [2.24, 2.45) is 0 Å². The van der Waals surface area contributed by atoms with Crippen LogP contribution < -0.4 is 4.90 Å². The summed E-state index contributed by atoms with van der Waals surface area (Å²) < 4.78 is 5.41. The van der Waals surface area contributed by atoms with Crippen molar-refractivity contribution in [1.82, 2.24) is 15.1 Å². The molecular formula is C17H28N4O2. The summed E-state index contributed by atoms with van der Waals surface area (Å²) in [4.78, 5) is 16.0. The van der Waals surface area contributed by atoms with Crippen LogP contribution in [0, 0.1) is 0 Å². The molecule has 6 heteroatoms. The molecule has 0 atom stereocenters. The molecule has 1 aromatic rings. The first kappa shape index (κ1) is 17.5. The molecule has 0 spiro atoms. The smallest absolute Gasteiger partial charge is 0.410 e. The summed E-state index contributed by atoms with van der Waals surface area (Å²) in [5.41, 5.74) is 0.525. The van der Waals surface area contributed by atoms with Gasteiger partial charge in [0.25, 0.3) is 0 Å². The molecule has 0 radical (unpaired) electrons. The van der Waals surface area contributed by atoms with E-state index < -0.39 is 5.60 Å². The molecule has 6 nitrogen and oxygen atoms in total. The molecule has 0 N–H and O–H groups in total. The molecule has 2 rings (SSSR count).